The summed E-state index contributed by atoms with van der Waals surface area (Å²) in [5.74, 6) is 0.714. The lowest BCUT2D eigenvalue weighted by atomic mass is 9.85. The number of para-hydroxylation sites is 1. The Morgan fingerprint density at radius 3 is 2.35 bits per heavy atom. The van der Waals surface area contributed by atoms with Crippen LogP contribution < -0.4 is 21.5 Å². The van der Waals surface area contributed by atoms with Crippen molar-refractivity contribution in [3.63, 3.8) is 0 Å². The predicted octanol–water partition coefficient (Wildman–Crippen LogP) is 3.35. The molecule has 1 saturated carbocycles. The van der Waals surface area contributed by atoms with E-state index >= 15 is 0 Å². The number of hydrogen-bond donors (Lipinski definition) is 3. The first-order chi connectivity index (χ1) is 17.8. The molecule has 0 unspecified atom stereocenters. The third kappa shape index (κ3) is 5.77. The zero-order chi connectivity index (χ0) is 26.5. The van der Waals surface area contributed by atoms with Crippen LogP contribution >= 0.6 is 0 Å². The van der Waals surface area contributed by atoms with Crippen molar-refractivity contribution >= 4 is 17.6 Å². The lowest BCUT2D eigenvalue weighted by Crippen LogP contribution is -2.33. The summed E-state index contributed by atoms with van der Waals surface area (Å²) in [6.45, 7) is 1.35. The molecule has 5 N–H and O–H groups in total. The van der Waals surface area contributed by atoms with E-state index in [9.17, 15) is 9.59 Å². The molecule has 37 heavy (non-hydrogen) atoms. The lowest BCUT2D eigenvalue weighted by Gasteiger charge is -2.30. The van der Waals surface area contributed by atoms with Gasteiger partial charge in [-0.25, -0.2) is 4.68 Å². The predicted molar refractivity (Wildman–Crippen MR) is 144 cm³/mol. The van der Waals surface area contributed by atoms with Gasteiger partial charge in [0, 0.05) is 44.2 Å². The number of primary amides is 1. The summed E-state index contributed by atoms with van der Waals surface area (Å²) in [6, 6.07) is 15.8. The molecule has 4 rings (SSSR count). The van der Waals surface area contributed by atoms with Crippen LogP contribution in [-0.4, -0.2) is 47.7 Å². The lowest BCUT2D eigenvalue weighted by molar-refractivity contribution is -0.134. The van der Waals surface area contributed by atoms with Gasteiger partial charge in [0.2, 0.25) is 5.91 Å². The normalized spacial score (nSPS) is 17.4. The highest BCUT2D eigenvalue weighted by Crippen LogP contribution is 2.37. The van der Waals surface area contributed by atoms with Crippen LogP contribution in [0.5, 0.6) is 5.75 Å². The maximum atomic E-state index is 12.3. The Labute approximate surface area is 217 Å². The number of nitrogen functional groups attached to an aromatic ring is 1. The molecular weight excluding hydrogens is 468 g/mol. The first kappa shape index (κ1) is 26.2. The first-order valence-electron chi connectivity index (χ1n) is 12.6. The molecule has 0 aliphatic heterocycles. The molecule has 0 radical (unpaired) electrons. The van der Waals surface area contributed by atoms with Gasteiger partial charge in [0.1, 0.15) is 22.8 Å². The van der Waals surface area contributed by atoms with Crippen LogP contribution in [0.2, 0.25) is 0 Å². The number of carbonyl (C=O) groups excluding carboxylic acids is 2. The monoisotopic (exact) mass is 504 g/mol. The maximum absolute atomic E-state index is 12.3. The second kappa shape index (κ2) is 11.5. The molecule has 2 aromatic carbocycles. The minimum absolute atomic E-state index is 0.0160. The number of aromatic nitrogens is 2. The zero-order valence-electron chi connectivity index (χ0n) is 21.7. The van der Waals surface area contributed by atoms with Crippen molar-refractivity contribution in [1.82, 2.24) is 20.0 Å². The van der Waals surface area contributed by atoms with Gasteiger partial charge in [-0.1, -0.05) is 42.5 Å². The van der Waals surface area contributed by atoms with Gasteiger partial charge in [-0.3, -0.25) is 9.59 Å². The molecule has 1 aliphatic rings. The van der Waals surface area contributed by atoms with Crippen molar-refractivity contribution < 1.29 is 14.3 Å². The van der Waals surface area contributed by atoms with E-state index in [2.05, 4.69) is 5.32 Å². The van der Waals surface area contributed by atoms with Crippen molar-refractivity contribution in [1.29, 1.82) is 0 Å². The standard InChI is InChI=1S/C28H36N6O3/c1-33(2)28(36)20-12-14-22(15-13-20)34-26(29)24(27(30)35)25(32-34)19-10-8-18(9-11-19)16-31-17-21-6-4-5-7-23(21)37-3/h4-11,20,22,31H,12-17,29H2,1-3H3,(H2,30,35). The Bertz CT molecular complexity index is 1240. The molecule has 9 nitrogen and oxygen atoms in total. The van der Waals surface area contributed by atoms with Crippen molar-refractivity contribution in [2.45, 2.75) is 44.8 Å². The van der Waals surface area contributed by atoms with Gasteiger partial charge in [0.15, 0.2) is 0 Å². The molecule has 0 spiro atoms. The summed E-state index contributed by atoms with van der Waals surface area (Å²) in [4.78, 5) is 26.3. The number of rotatable bonds is 9. The van der Waals surface area contributed by atoms with E-state index in [4.69, 9.17) is 21.3 Å². The van der Waals surface area contributed by atoms with E-state index in [0.717, 1.165) is 48.1 Å². The molecule has 9 heteroatoms. The van der Waals surface area contributed by atoms with Crippen molar-refractivity contribution in [2.75, 3.05) is 26.9 Å². The fourth-order valence-corrected chi connectivity index (χ4v) is 5.07. The van der Waals surface area contributed by atoms with Gasteiger partial charge in [0.05, 0.1) is 13.2 Å². The highest BCUT2D eigenvalue weighted by Gasteiger charge is 2.31. The Hall–Kier alpha value is -3.85. The number of nitrogens with one attached hydrogen (secondary N) is 1. The van der Waals surface area contributed by atoms with E-state index in [1.807, 2.05) is 48.5 Å². The van der Waals surface area contributed by atoms with E-state index in [0.29, 0.717) is 18.8 Å². The Morgan fingerprint density at radius 2 is 1.73 bits per heavy atom. The first-order valence-corrected chi connectivity index (χ1v) is 12.6. The highest BCUT2D eigenvalue weighted by atomic mass is 16.5. The van der Waals surface area contributed by atoms with Gasteiger partial charge in [-0.2, -0.15) is 5.10 Å². The number of benzene rings is 2. The van der Waals surface area contributed by atoms with Crippen LogP contribution in [0, 0.1) is 5.92 Å². The van der Waals surface area contributed by atoms with Crippen LogP contribution in [0.3, 0.4) is 0 Å². The number of nitrogens with two attached hydrogens (primary N) is 2. The number of anilines is 1. The highest BCUT2D eigenvalue weighted by molar-refractivity contribution is 6.03. The Morgan fingerprint density at radius 1 is 1.05 bits per heavy atom. The second-order valence-electron chi connectivity index (χ2n) is 9.77. The topological polar surface area (TPSA) is 128 Å². The fourth-order valence-electron chi connectivity index (χ4n) is 5.07. The van der Waals surface area contributed by atoms with E-state index < -0.39 is 5.91 Å². The fraction of sp³-hybridized carbons (Fsp3) is 0.393. The van der Waals surface area contributed by atoms with E-state index in [1.165, 1.54) is 0 Å². The van der Waals surface area contributed by atoms with Gasteiger partial charge in [0.25, 0.3) is 5.91 Å². The molecule has 196 valence electrons. The molecule has 3 aromatic rings. The van der Waals surface area contributed by atoms with Crippen molar-refractivity contribution in [3.05, 3.63) is 65.2 Å². The summed E-state index contributed by atoms with van der Waals surface area (Å²) in [5, 5.41) is 8.18. The maximum Gasteiger partial charge on any atom is 0.254 e. The number of ether oxygens (including phenoxy) is 1. The summed E-state index contributed by atoms with van der Waals surface area (Å²) >= 11 is 0. The van der Waals surface area contributed by atoms with Crippen LogP contribution in [0.15, 0.2) is 48.5 Å². The van der Waals surface area contributed by atoms with Crippen LogP contribution in [0.25, 0.3) is 11.3 Å². The van der Waals surface area contributed by atoms with Gasteiger partial charge < -0.3 is 26.4 Å². The van der Waals surface area contributed by atoms with Crippen molar-refractivity contribution in [3.8, 4) is 17.0 Å². The molecule has 1 aliphatic carbocycles. The average molecular weight is 505 g/mol. The molecular formula is C28H36N6O3. The number of amides is 2. The van der Waals surface area contributed by atoms with E-state index in [1.54, 1.807) is 30.8 Å². The third-order valence-electron chi connectivity index (χ3n) is 7.09. The number of carbonyl (C=O) groups is 2. The zero-order valence-corrected chi connectivity index (χ0v) is 21.7. The summed E-state index contributed by atoms with van der Waals surface area (Å²) in [5.41, 5.74) is 15.8. The molecule has 0 atom stereocenters. The van der Waals surface area contributed by atoms with Crippen LogP contribution in [-0.2, 0) is 17.9 Å². The Balaban J connectivity index is 1.46. The number of nitrogens with zero attached hydrogens (tertiary/aromatic N) is 3. The molecule has 1 fully saturated rings. The summed E-state index contributed by atoms with van der Waals surface area (Å²) < 4.78 is 7.14. The van der Waals surface area contributed by atoms with Gasteiger partial charge in [-0.05, 0) is 37.3 Å². The van der Waals surface area contributed by atoms with Gasteiger partial charge >= 0.3 is 0 Å². The number of hydrogen-bond acceptors (Lipinski definition) is 6. The molecule has 2 amide bonds. The molecule has 0 bridgehead atoms. The largest absolute Gasteiger partial charge is 0.496 e. The molecule has 1 heterocycles. The minimum atomic E-state index is -0.599. The summed E-state index contributed by atoms with van der Waals surface area (Å²) in [6.07, 6.45) is 3.06. The summed E-state index contributed by atoms with van der Waals surface area (Å²) in [7, 11) is 5.24. The van der Waals surface area contributed by atoms with E-state index in [-0.39, 0.29) is 29.2 Å². The van der Waals surface area contributed by atoms with Crippen molar-refractivity contribution in [2.24, 2.45) is 11.7 Å². The second-order valence-corrected chi connectivity index (χ2v) is 9.77. The SMILES string of the molecule is COc1ccccc1CNCc1ccc(-c2nn(C3CCC(C(=O)N(C)C)CC3)c(N)c2C(N)=O)cc1. The number of methoxy groups -OCH3 is 1. The molecule has 1 aromatic heterocycles. The van der Waals surface area contributed by atoms with Crippen LogP contribution in [0.1, 0.15) is 53.2 Å². The minimum Gasteiger partial charge on any atom is -0.496 e. The average Bonchev–Trinajstić information content (AvgIpc) is 3.26. The third-order valence-corrected chi connectivity index (χ3v) is 7.09. The van der Waals surface area contributed by atoms with Gasteiger partial charge in [-0.15, -0.1) is 0 Å². The quantitative estimate of drug-likeness (QED) is 0.410. The Kier molecular flexibility index (Phi) is 8.13. The van der Waals surface area contributed by atoms with Crippen LogP contribution in [0.4, 0.5) is 5.82 Å². The smallest absolute Gasteiger partial charge is 0.254 e. The molecule has 0 saturated heterocycles.